The van der Waals surface area contributed by atoms with Crippen molar-refractivity contribution >= 4 is 5.91 Å². The van der Waals surface area contributed by atoms with Crippen LogP contribution in [-0.2, 0) is 4.79 Å². The van der Waals surface area contributed by atoms with Crippen molar-refractivity contribution in [1.82, 2.24) is 10.2 Å². The molecule has 2 rings (SSSR count). The van der Waals surface area contributed by atoms with Gasteiger partial charge in [-0.25, -0.2) is 0 Å². The van der Waals surface area contributed by atoms with Crippen LogP contribution in [0.4, 0.5) is 0 Å². The van der Waals surface area contributed by atoms with Crippen LogP contribution in [0.2, 0.25) is 0 Å². The Labute approximate surface area is 105 Å². The molecule has 1 aliphatic heterocycles. The van der Waals surface area contributed by atoms with E-state index in [9.17, 15) is 4.79 Å². The Hall–Kier alpha value is -0.570. The molecule has 1 heterocycles. The van der Waals surface area contributed by atoms with Crippen molar-refractivity contribution in [2.24, 2.45) is 5.92 Å². The first-order valence-electron chi connectivity index (χ1n) is 7.12. The lowest BCUT2D eigenvalue weighted by atomic mass is 9.80. The van der Waals surface area contributed by atoms with Crippen LogP contribution in [0.15, 0.2) is 0 Å². The lowest BCUT2D eigenvalue weighted by Crippen LogP contribution is -2.50. The lowest BCUT2D eigenvalue weighted by molar-refractivity contribution is -0.137. The lowest BCUT2D eigenvalue weighted by Gasteiger charge is -2.42. The summed E-state index contributed by atoms with van der Waals surface area (Å²) in [5.74, 6) is 1.12. The number of nitrogens with zero attached hydrogens (tertiary/aromatic N) is 1. The zero-order chi connectivity index (χ0) is 12.6. The van der Waals surface area contributed by atoms with Gasteiger partial charge in [0.15, 0.2) is 0 Å². The van der Waals surface area contributed by atoms with Crippen molar-refractivity contribution < 1.29 is 4.79 Å². The average Bonchev–Trinajstić information content (AvgIpc) is 2.49. The molecular weight excluding hydrogens is 212 g/mol. The molecule has 2 unspecified atom stereocenters. The van der Waals surface area contributed by atoms with Gasteiger partial charge in [0.1, 0.15) is 0 Å². The van der Waals surface area contributed by atoms with Gasteiger partial charge in [-0.1, -0.05) is 27.2 Å². The zero-order valence-corrected chi connectivity index (χ0v) is 11.6. The van der Waals surface area contributed by atoms with Gasteiger partial charge in [0, 0.05) is 6.04 Å². The summed E-state index contributed by atoms with van der Waals surface area (Å²) in [6, 6.07) is 0.495. The summed E-state index contributed by atoms with van der Waals surface area (Å²) < 4.78 is 0. The van der Waals surface area contributed by atoms with Gasteiger partial charge >= 0.3 is 0 Å². The maximum atomic E-state index is 12.5. The first-order valence-corrected chi connectivity index (χ1v) is 7.12. The first-order chi connectivity index (χ1) is 8.01. The van der Waals surface area contributed by atoms with Gasteiger partial charge in [-0.3, -0.25) is 10.1 Å². The fourth-order valence-electron chi connectivity index (χ4n) is 3.17. The van der Waals surface area contributed by atoms with Crippen LogP contribution in [0.3, 0.4) is 0 Å². The van der Waals surface area contributed by atoms with Gasteiger partial charge in [0.25, 0.3) is 0 Å². The standard InChI is InChI=1S/C14H26N2O/c1-5-7-12-15-14(4,6-2)13(17)16(12)11-8-10(3)9-11/h10-12,15H,5-9H2,1-4H3. The second-order valence-electron chi connectivity index (χ2n) is 6.08. The Morgan fingerprint density at radius 3 is 2.53 bits per heavy atom. The van der Waals surface area contributed by atoms with Crippen molar-refractivity contribution in [1.29, 1.82) is 0 Å². The third kappa shape index (κ3) is 2.10. The summed E-state index contributed by atoms with van der Waals surface area (Å²) in [7, 11) is 0. The highest BCUT2D eigenvalue weighted by Crippen LogP contribution is 2.37. The number of hydrogen-bond donors (Lipinski definition) is 1. The molecule has 1 saturated carbocycles. The Morgan fingerprint density at radius 1 is 1.41 bits per heavy atom. The van der Waals surface area contributed by atoms with E-state index in [1.807, 2.05) is 0 Å². The molecule has 3 nitrogen and oxygen atoms in total. The smallest absolute Gasteiger partial charge is 0.244 e. The van der Waals surface area contributed by atoms with E-state index in [1.54, 1.807) is 0 Å². The van der Waals surface area contributed by atoms with Crippen LogP contribution in [0, 0.1) is 5.92 Å². The predicted octanol–water partition coefficient (Wildman–Crippen LogP) is 2.51. The van der Waals surface area contributed by atoms with Gasteiger partial charge in [-0.05, 0) is 38.5 Å². The minimum atomic E-state index is -0.321. The molecule has 0 spiro atoms. The first kappa shape index (κ1) is 12.9. The normalized spacial score (nSPS) is 41.8. The van der Waals surface area contributed by atoms with Crippen molar-refractivity contribution in [2.75, 3.05) is 0 Å². The van der Waals surface area contributed by atoms with Gasteiger partial charge < -0.3 is 4.90 Å². The van der Waals surface area contributed by atoms with E-state index < -0.39 is 0 Å². The summed E-state index contributed by atoms with van der Waals surface area (Å²) in [6.07, 6.45) is 5.73. The Morgan fingerprint density at radius 2 is 2.06 bits per heavy atom. The number of carbonyl (C=O) groups excluding carboxylic acids is 1. The molecule has 3 heteroatoms. The molecule has 2 aliphatic rings. The summed E-state index contributed by atoms with van der Waals surface area (Å²) in [4.78, 5) is 14.7. The van der Waals surface area contributed by atoms with Crippen molar-refractivity contribution in [3.63, 3.8) is 0 Å². The summed E-state index contributed by atoms with van der Waals surface area (Å²) in [5.41, 5.74) is -0.321. The molecule has 1 aliphatic carbocycles. The second-order valence-corrected chi connectivity index (χ2v) is 6.08. The molecule has 0 aromatic carbocycles. The molecule has 2 atom stereocenters. The minimum Gasteiger partial charge on any atom is -0.323 e. The second kappa shape index (κ2) is 4.60. The van der Waals surface area contributed by atoms with E-state index in [2.05, 4.69) is 37.9 Å². The summed E-state index contributed by atoms with van der Waals surface area (Å²) in [6.45, 7) is 8.62. The van der Waals surface area contributed by atoms with Gasteiger partial charge in [-0.15, -0.1) is 0 Å². The number of rotatable bonds is 4. The van der Waals surface area contributed by atoms with Crippen LogP contribution < -0.4 is 5.32 Å². The maximum absolute atomic E-state index is 12.5. The fourth-order valence-corrected chi connectivity index (χ4v) is 3.17. The van der Waals surface area contributed by atoms with Crippen LogP contribution >= 0.6 is 0 Å². The Kier molecular flexibility index (Phi) is 3.48. The van der Waals surface area contributed by atoms with Crippen LogP contribution in [0.1, 0.15) is 59.8 Å². The fraction of sp³-hybridized carbons (Fsp3) is 0.929. The molecule has 0 radical (unpaired) electrons. The minimum absolute atomic E-state index is 0.273. The van der Waals surface area contributed by atoms with E-state index >= 15 is 0 Å². The van der Waals surface area contributed by atoms with Gasteiger partial charge in [0.2, 0.25) is 5.91 Å². The Balaban J connectivity index is 2.12. The van der Waals surface area contributed by atoms with Gasteiger partial charge in [0.05, 0.1) is 11.7 Å². The average molecular weight is 238 g/mol. The van der Waals surface area contributed by atoms with Crippen LogP contribution in [0.5, 0.6) is 0 Å². The van der Waals surface area contributed by atoms with E-state index in [1.165, 1.54) is 12.8 Å². The molecule has 0 aromatic heterocycles. The third-order valence-electron chi connectivity index (χ3n) is 4.54. The Bertz CT molecular complexity index is 299. The molecule has 98 valence electrons. The maximum Gasteiger partial charge on any atom is 0.244 e. The monoisotopic (exact) mass is 238 g/mol. The highest BCUT2D eigenvalue weighted by atomic mass is 16.2. The SMILES string of the molecule is CCCC1NC(C)(CC)C(=O)N1C1CC(C)C1. The quantitative estimate of drug-likeness (QED) is 0.816. The number of nitrogens with one attached hydrogen (secondary N) is 1. The zero-order valence-electron chi connectivity index (χ0n) is 11.6. The number of hydrogen-bond acceptors (Lipinski definition) is 2. The molecule has 2 fully saturated rings. The van der Waals surface area contributed by atoms with E-state index in [4.69, 9.17) is 0 Å². The highest BCUT2D eigenvalue weighted by Gasteiger charge is 2.50. The van der Waals surface area contributed by atoms with E-state index in [0.717, 1.165) is 25.2 Å². The number of amides is 1. The van der Waals surface area contributed by atoms with Crippen LogP contribution in [0.25, 0.3) is 0 Å². The van der Waals surface area contributed by atoms with Crippen molar-refractivity contribution in [3.8, 4) is 0 Å². The largest absolute Gasteiger partial charge is 0.323 e. The molecular formula is C14H26N2O. The van der Waals surface area contributed by atoms with Gasteiger partial charge in [-0.2, -0.15) is 0 Å². The van der Waals surface area contributed by atoms with Crippen molar-refractivity contribution in [2.45, 2.75) is 77.5 Å². The summed E-state index contributed by atoms with van der Waals surface area (Å²) in [5, 5.41) is 3.56. The number of carbonyl (C=O) groups is 1. The predicted molar refractivity (Wildman–Crippen MR) is 69.6 cm³/mol. The molecule has 17 heavy (non-hydrogen) atoms. The highest BCUT2D eigenvalue weighted by molar-refractivity contribution is 5.88. The van der Waals surface area contributed by atoms with Crippen LogP contribution in [-0.4, -0.2) is 28.6 Å². The molecule has 1 amide bonds. The summed E-state index contributed by atoms with van der Waals surface area (Å²) >= 11 is 0. The molecule has 0 aromatic rings. The third-order valence-corrected chi connectivity index (χ3v) is 4.54. The van der Waals surface area contributed by atoms with Crippen molar-refractivity contribution in [3.05, 3.63) is 0 Å². The molecule has 1 saturated heterocycles. The molecule has 1 N–H and O–H groups in total. The topological polar surface area (TPSA) is 32.3 Å². The van der Waals surface area contributed by atoms with E-state index in [0.29, 0.717) is 11.9 Å². The van der Waals surface area contributed by atoms with E-state index in [-0.39, 0.29) is 11.7 Å². The molecule has 0 bridgehead atoms.